The van der Waals surface area contributed by atoms with Crippen LogP contribution in [0.15, 0.2) is 73.1 Å². The Labute approximate surface area is 161 Å². The van der Waals surface area contributed by atoms with Gasteiger partial charge in [-0.15, -0.1) is 0 Å². The molecule has 2 aromatic heterocycles. The predicted octanol–water partition coefficient (Wildman–Crippen LogP) is 6.04. The van der Waals surface area contributed by atoms with E-state index in [0.29, 0.717) is 16.5 Å². The predicted molar refractivity (Wildman–Crippen MR) is 107 cm³/mol. The summed E-state index contributed by atoms with van der Waals surface area (Å²) in [4.78, 5) is 12.4. The summed E-state index contributed by atoms with van der Waals surface area (Å²) in [5.41, 5.74) is 4.51. The fourth-order valence-electron chi connectivity index (χ4n) is 2.92. The number of pyridine rings is 1. The molecule has 4 aromatic rings. The van der Waals surface area contributed by atoms with Crippen molar-refractivity contribution < 1.29 is 0 Å². The number of halogens is 2. The lowest BCUT2D eigenvalue weighted by Gasteiger charge is -2.07. The Morgan fingerprint density at radius 2 is 1.62 bits per heavy atom. The lowest BCUT2D eigenvalue weighted by molar-refractivity contribution is 1.02. The first-order valence-electron chi connectivity index (χ1n) is 8.20. The van der Waals surface area contributed by atoms with Gasteiger partial charge in [0.15, 0.2) is 0 Å². The van der Waals surface area contributed by atoms with Crippen LogP contribution < -0.4 is 0 Å². The molecule has 0 atom stereocenters. The van der Waals surface area contributed by atoms with E-state index in [1.165, 1.54) is 0 Å². The van der Waals surface area contributed by atoms with Crippen LogP contribution in [0.1, 0.15) is 11.4 Å². The number of benzene rings is 2. The average molecular weight is 380 g/mol. The van der Waals surface area contributed by atoms with E-state index < -0.39 is 0 Å². The number of imidazole rings is 1. The quantitative estimate of drug-likeness (QED) is 0.469. The third kappa shape index (κ3) is 3.36. The van der Waals surface area contributed by atoms with Crippen LogP contribution in [0.25, 0.3) is 22.5 Å². The summed E-state index contributed by atoms with van der Waals surface area (Å²) in [6, 6.07) is 19.5. The molecule has 128 valence electrons. The van der Waals surface area contributed by atoms with Crippen molar-refractivity contribution >= 4 is 23.2 Å². The van der Waals surface area contributed by atoms with Crippen molar-refractivity contribution in [3.8, 4) is 22.5 Å². The normalized spacial score (nSPS) is 10.8. The second kappa shape index (κ2) is 7.32. The van der Waals surface area contributed by atoms with Gasteiger partial charge in [0.25, 0.3) is 0 Å². The van der Waals surface area contributed by atoms with Crippen LogP contribution in [0.4, 0.5) is 0 Å². The molecule has 0 unspecified atom stereocenters. The molecule has 0 saturated heterocycles. The van der Waals surface area contributed by atoms with Crippen LogP contribution in [0.3, 0.4) is 0 Å². The Morgan fingerprint density at radius 3 is 2.31 bits per heavy atom. The SMILES string of the molecule is Clc1cccc(Cl)c1-c1[nH]c(Cc2cccnc2)nc1-c1ccccc1. The largest absolute Gasteiger partial charge is 0.341 e. The standard InChI is InChI=1S/C21H15Cl2N3/c22-16-9-4-10-17(23)19(16)21-20(15-7-2-1-3-8-15)25-18(26-21)12-14-6-5-11-24-13-14/h1-11,13H,12H2,(H,25,26). The van der Waals surface area contributed by atoms with E-state index in [4.69, 9.17) is 28.2 Å². The molecule has 0 radical (unpaired) electrons. The molecule has 0 aliphatic carbocycles. The molecule has 0 bridgehead atoms. The van der Waals surface area contributed by atoms with Crippen LogP contribution in [0.2, 0.25) is 10.0 Å². The zero-order valence-corrected chi connectivity index (χ0v) is 15.3. The molecule has 0 amide bonds. The summed E-state index contributed by atoms with van der Waals surface area (Å²) in [6.07, 6.45) is 4.25. The minimum absolute atomic E-state index is 0.589. The van der Waals surface area contributed by atoms with Gasteiger partial charge in [-0.3, -0.25) is 4.98 Å². The maximum atomic E-state index is 6.45. The summed E-state index contributed by atoms with van der Waals surface area (Å²) < 4.78 is 0. The van der Waals surface area contributed by atoms with Crippen molar-refractivity contribution in [2.75, 3.05) is 0 Å². The molecule has 0 saturated carbocycles. The smallest absolute Gasteiger partial charge is 0.111 e. The number of aromatic nitrogens is 3. The van der Waals surface area contributed by atoms with E-state index in [1.807, 2.05) is 66.9 Å². The molecule has 0 fully saturated rings. The summed E-state index contributed by atoms with van der Waals surface area (Å²) in [6.45, 7) is 0. The number of nitrogens with zero attached hydrogens (tertiary/aromatic N) is 2. The number of nitrogens with one attached hydrogen (secondary N) is 1. The molecule has 3 nitrogen and oxygen atoms in total. The topological polar surface area (TPSA) is 41.6 Å². The Bertz CT molecular complexity index is 1010. The van der Waals surface area contributed by atoms with Gasteiger partial charge in [0.1, 0.15) is 5.82 Å². The van der Waals surface area contributed by atoms with E-state index in [9.17, 15) is 0 Å². The van der Waals surface area contributed by atoms with Crippen molar-refractivity contribution in [3.05, 3.63) is 94.5 Å². The first-order valence-corrected chi connectivity index (χ1v) is 8.95. The van der Waals surface area contributed by atoms with Gasteiger partial charge in [0, 0.05) is 29.9 Å². The highest BCUT2D eigenvalue weighted by Crippen LogP contribution is 2.39. The Hall–Kier alpha value is -2.62. The van der Waals surface area contributed by atoms with Crippen molar-refractivity contribution in [2.24, 2.45) is 0 Å². The Kier molecular flexibility index (Phi) is 4.74. The number of hydrogen-bond acceptors (Lipinski definition) is 2. The van der Waals surface area contributed by atoms with Gasteiger partial charge in [-0.05, 0) is 23.8 Å². The molecule has 0 aliphatic heterocycles. The van der Waals surface area contributed by atoms with Gasteiger partial charge in [0.2, 0.25) is 0 Å². The van der Waals surface area contributed by atoms with Crippen LogP contribution in [0.5, 0.6) is 0 Å². The van der Waals surface area contributed by atoms with Crippen LogP contribution in [0, 0.1) is 0 Å². The van der Waals surface area contributed by atoms with Crippen LogP contribution in [-0.4, -0.2) is 15.0 Å². The third-order valence-corrected chi connectivity index (χ3v) is 4.74. The van der Waals surface area contributed by atoms with E-state index in [2.05, 4.69) is 9.97 Å². The van der Waals surface area contributed by atoms with E-state index in [0.717, 1.165) is 33.9 Å². The number of H-pyrrole nitrogens is 1. The van der Waals surface area contributed by atoms with Crippen LogP contribution in [-0.2, 0) is 6.42 Å². The summed E-state index contributed by atoms with van der Waals surface area (Å²) >= 11 is 12.9. The van der Waals surface area contributed by atoms with Gasteiger partial charge in [-0.2, -0.15) is 0 Å². The number of hydrogen-bond donors (Lipinski definition) is 1. The lowest BCUT2D eigenvalue weighted by atomic mass is 10.1. The van der Waals surface area contributed by atoms with Crippen molar-refractivity contribution in [3.63, 3.8) is 0 Å². The third-order valence-electron chi connectivity index (χ3n) is 4.11. The maximum Gasteiger partial charge on any atom is 0.111 e. The molecule has 4 rings (SSSR count). The van der Waals surface area contributed by atoms with E-state index in [1.54, 1.807) is 6.20 Å². The maximum absolute atomic E-state index is 6.45. The second-order valence-corrected chi connectivity index (χ2v) is 6.72. The highest BCUT2D eigenvalue weighted by molar-refractivity contribution is 6.39. The molecule has 5 heteroatoms. The average Bonchev–Trinajstić information content (AvgIpc) is 3.06. The van der Waals surface area contributed by atoms with Gasteiger partial charge in [-0.1, -0.05) is 65.7 Å². The van der Waals surface area contributed by atoms with Gasteiger partial charge in [-0.25, -0.2) is 4.98 Å². The van der Waals surface area contributed by atoms with Crippen molar-refractivity contribution in [2.45, 2.75) is 6.42 Å². The Balaban J connectivity index is 1.86. The van der Waals surface area contributed by atoms with Crippen LogP contribution >= 0.6 is 23.2 Å². The lowest BCUT2D eigenvalue weighted by Crippen LogP contribution is -1.91. The summed E-state index contributed by atoms with van der Waals surface area (Å²) in [7, 11) is 0. The fourth-order valence-corrected chi connectivity index (χ4v) is 3.51. The molecule has 26 heavy (non-hydrogen) atoms. The zero-order chi connectivity index (χ0) is 17.9. The molecular weight excluding hydrogens is 365 g/mol. The van der Waals surface area contributed by atoms with Crippen molar-refractivity contribution in [1.82, 2.24) is 15.0 Å². The van der Waals surface area contributed by atoms with Gasteiger partial charge >= 0.3 is 0 Å². The highest BCUT2D eigenvalue weighted by Gasteiger charge is 2.18. The van der Waals surface area contributed by atoms with E-state index in [-0.39, 0.29) is 0 Å². The summed E-state index contributed by atoms with van der Waals surface area (Å²) in [5.74, 6) is 0.836. The van der Waals surface area contributed by atoms with Crippen molar-refractivity contribution in [1.29, 1.82) is 0 Å². The highest BCUT2D eigenvalue weighted by atomic mass is 35.5. The fraction of sp³-hybridized carbons (Fsp3) is 0.0476. The summed E-state index contributed by atoms with van der Waals surface area (Å²) in [5, 5.41) is 1.18. The number of rotatable bonds is 4. The second-order valence-electron chi connectivity index (χ2n) is 5.91. The Morgan fingerprint density at radius 1 is 0.846 bits per heavy atom. The first kappa shape index (κ1) is 16.8. The molecule has 2 heterocycles. The molecule has 0 spiro atoms. The molecular formula is C21H15Cl2N3. The zero-order valence-electron chi connectivity index (χ0n) is 13.8. The van der Waals surface area contributed by atoms with Gasteiger partial charge in [0.05, 0.1) is 21.4 Å². The first-order chi connectivity index (χ1) is 12.7. The monoisotopic (exact) mass is 379 g/mol. The van der Waals surface area contributed by atoms with Gasteiger partial charge < -0.3 is 4.98 Å². The molecule has 2 aromatic carbocycles. The van der Waals surface area contributed by atoms with E-state index >= 15 is 0 Å². The molecule has 1 N–H and O–H groups in total. The minimum Gasteiger partial charge on any atom is -0.341 e. The molecule has 0 aliphatic rings. The number of aromatic amines is 1. The minimum atomic E-state index is 0.589.